The summed E-state index contributed by atoms with van der Waals surface area (Å²) < 4.78 is 0. The molecule has 0 radical (unpaired) electrons. The van der Waals surface area contributed by atoms with Crippen LogP contribution >= 0.6 is 0 Å². The minimum absolute atomic E-state index is 0.573. The van der Waals surface area contributed by atoms with Gasteiger partial charge in [-0.25, -0.2) is 0 Å². The van der Waals surface area contributed by atoms with E-state index in [0.29, 0.717) is 6.04 Å². The first kappa shape index (κ1) is 16.6. The van der Waals surface area contributed by atoms with E-state index in [1.54, 1.807) is 0 Å². The van der Waals surface area contributed by atoms with Crippen molar-refractivity contribution in [1.29, 1.82) is 0 Å². The van der Waals surface area contributed by atoms with Gasteiger partial charge < -0.3 is 10.2 Å². The molecule has 1 aliphatic heterocycles. The molecule has 1 saturated heterocycles. The van der Waals surface area contributed by atoms with E-state index in [-0.39, 0.29) is 0 Å². The normalized spacial score (nSPS) is 25.0. The SMILES string of the molecule is CN=C(NCC(C)N(C)C1CC1)N1CCC(CC(C)C)C1. The largest absolute Gasteiger partial charge is 0.355 e. The molecule has 0 aromatic carbocycles. The number of nitrogens with one attached hydrogen (secondary N) is 1. The summed E-state index contributed by atoms with van der Waals surface area (Å²) in [7, 11) is 4.16. The van der Waals surface area contributed by atoms with Crippen LogP contribution in [0.3, 0.4) is 0 Å². The van der Waals surface area contributed by atoms with Crippen LogP contribution in [0.4, 0.5) is 0 Å². The van der Waals surface area contributed by atoms with Gasteiger partial charge in [0.25, 0.3) is 0 Å². The van der Waals surface area contributed by atoms with Gasteiger partial charge in [-0.2, -0.15) is 0 Å². The lowest BCUT2D eigenvalue weighted by Gasteiger charge is -2.28. The van der Waals surface area contributed by atoms with Crippen LogP contribution < -0.4 is 5.32 Å². The molecule has 4 heteroatoms. The average molecular weight is 294 g/mol. The van der Waals surface area contributed by atoms with Crippen molar-refractivity contribution in [3.05, 3.63) is 0 Å². The summed E-state index contributed by atoms with van der Waals surface area (Å²) in [5.74, 6) is 2.74. The molecule has 1 heterocycles. The van der Waals surface area contributed by atoms with Crippen LogP contribution in [0, 0.1) is 11.8 Å². The summed E-state index contributed by atoms with van der Waals surface area (Å²) in [6.45, 7) is 10.3. The summed E-state index contributed by atoms with van der Waals surface area (Å²) in [5.41, 5.74) is 0. The number of nitrogens with zero attached hydrogens (tertiary/aromatic N) is 3. The molecule has 0 spiro atoms. The molecule has 2 fully saturated rings. The molecular formula is C17H34N4. The lowest BCUT2D eigenvalue weighted by molar-refractivity contribution is 0.246. The number of aliphatic imine (C=N–C) groups is 1. The van der Waals surface area contributed by atoms with Crippen molar-refractivity contribution < 1.29 is 0 Å². The number of guanidine groups is 1. The van der Waals surface area contributed by atoms with Crippen LogP contribution in [0.5, 0.6) is 0 Å². The lowest BCUT2D eigenvalue weighted by Crippen LogP contribution is -2.46. The predicted octanol–water partition coefficient (Wildman–Crippen LogP) is 2.41. The maximum absolute atomic E-state index is 4.49. The molecule has 0 bridgehead atoms. The summed E-state index contributed by atoms with van der Waals surface area (Å²) in [6, 6.07) is 1.40. The van der Waals surface area contributed by atoms with E-state index >= 15 is 0 Å². The van der Waals surface area contributed by atoms with Crippen molar-refractivity contribution in [3.8, 4) is 0 Å². The summed E-state index contributed by atoms with van der Waals surface area (Å²) in [6.07, 6.45) is 5.40. The Morgan fingerprint density at radius 3 is 2.57 bits per heavy atom. The molecular weight excluding hydrogens is 260 g/mol. The van der Waals surface area contributed by atoms with Gasteiger partial charge >= 0.3 is 0 Å². The second-order valence-corrected chi connectivity index (χ2v) is 7.40. The van der Waals surface area contributed by atoms with Crippen LogP contribution in [0.1, 0.15) is 46.5 Å². The number of likely N-dealkylation sites (N-methyl/N-ethyl adjacent to an activating group) is 1. The molecule has 2 rings (SSSR count). The highest BCUT2D eigenvalue weighted by molar-refractivity contribution is 5.80. The highest BCUT2D eigenvalue weighted by Crippen LogP contribution is 2.27. The number of hydrogen-bond acceptors (Lipinski definition) is 2. The first-order chi connectivity index (χ1) is 10.0. The monoisotopic (exact) mass is 294 g/mol. The Bertz CT molecular complexity index is 349. The molecule has 1 N–H and O–H groups in total. The number of likely N-dealkylation sites (tertiary alicyclic amines) is 1. The number of rotatable bonds is 6. The Morgan fingerprint density at radius 2 is 2.00 bits per heavy atom. The van der Waals surface area contributed by atoms with Gasteiger partial charge in [0.15, 0.2) is 5.96 Å². The molecule has 1 saturated carbocycles. The van der Waals surface area contributed by atoms with E-state index in [9.17, 15) is 0 Å². The molecule has 21 heavy (non-hydrogen) atoms. The minimum atomic E-state index is 0.573. The molecule has 0 amide bonds. The average Bonchev–Trinajstić information content (AvgIpc) is 3.19. The Kier molecular flexibility index (Phi) is 5.91. The van der Waals surface area contributed by atoms with Crippen molar-refractivity contribution in [3.63, 3.8) is 0 Å². The van der Waals surface area contributed by atoms with Gasteiger partial charge in [-0.3, -0.25) is 9.89 Å². The van der Waals surface area contributed by atoms with Gasteiger partial charge in [-0.1, -0.05) is 13.8 Å². The van der Waals surface area contributed by atoms with Crippen LogP contribution in [-0.2, 0) is 0 Å². The molecule has 4 nitrogen and oxygen atoms in total. The standard InChI is InChI=1S/C17H34N4/c1-13(2)10-15-8-9-21(12-15)17(18-4)19-11-14(3)20(5)16-6-7-16/h13-16H,6-12H2,1-5H3,(H,18,19). The van der Waals surface area contributed by atoms with Crippen LogP contribution in [0.15, 0.2) is 4.99 Å². The zero-order chi connectivity index (χ0) is 15.4. The van der Waals surface area contributed by atoms with E-state index in [4.69, 9.17) is 0 Å². The summed E-state index contributed by atoms with van der Waals surface area (Å²) in [5, 5.41) is 3.58. The second-order valence-electron chi connectivity index (χ2n) is 7.40. The Balaban J connectivity index is 1.75. The third-order valence-corrected chi connectivity index (χ3v) is 4.98. The zero-order valence-electron chi connectivity index (χ0n) is 14.6. The van der Waals surface area contributed by atoms with Gasteiger partial charge in [0, 0.05) is 38.8 Å². The zero-order valence-corrected chi connectivity index (χ0v) is 14.6. The first-order valence-corrected chi connectivity index (χ1v) is 8.68. The minimum Gasteiger partial charge on any atom is -0.355 e. The third-order valence-electron chi connectivity index (χ3n) is 4.98. The highest BCUT2D eigenvalue weighted by atomic mass is 15.3. The van der Waals surface area contributed by atoms with E-state index in [1.807, 2.05) is 7.05 Å². The fourth-order valence-corrected chi connectivity index (χ4v) is 3.44. The Labute approximate surface area is 131 Å². The predicted molar refractivity (Wildman–Crippen MR) is 90.7 cm³/mol. The van der Waals surface area contributed by atoms with Gasteiger partial charge in [0.05, 0.1) is 0 Å². The molecule has 2 atom stereocenters. The van der Waals surface area contributed by atoms with E-state index in [2.05, 4.69) is 47.9 Å². The second kappa shape index (κ2) is 7.48. The van der Waals surface area contributed by atoms with E-state index in [0.717, 1.165) is 36.9 Å². The molecule has 1 aliphatic carbocycles. The van der Waals surface area contributed by atoms with Crippen molar-refractivity contribution in [2.75, 3.05) is 33.7 Å². The van der Waals surface area contributed by atoms with Crippen molar-refractivity contribution >= 4 is 5.96 Å². The summed E-state index contributed by atoms with van der Waals surface area (Å²) in [4.78, 5) is 9.44. The smallest absolute Gasteiger partial charge is 0.193 e. The van der Waals surface area contributed by atoms with Gasteiger partial charge in [-0.15, -0.1) is 0 Å². The van der Waals surface area contributed by atoms with Crippen LogP contribution in [0.25, 0.3) is 0 Å². The molecule has 0 aromatic rings. The molecule has 0 aromatic heterocycles. The Morgan fingerprint density at radius 1 is 1.29 bits per heavy atom. The van der Waals surface area contributed by atoms with Crippen molar-refractivity contribution in [1.82, 2.24) is 15.1 Å². The lowest BCUT2D eigenvalue weighted by atomic mass is 9.97. The van der Waals surface area contributed by atoms with Crippen LogP contribution in [0.2, 0.25) is 0 Å². The molecule has 2 aliphatic rings. The van der Waals surface area contributed by atoms with E-state index < -0.39 is 0 Å². The Hall–Kier alpha value is -0.770. The molecule has 2 unspecified atom stereocenters. The first-order valence-electron chi connectivity index (χ1n) is 8.68. The molecule has 122 valence electrons. The maximum atomic E-state index is 4.49. The van der Waals surface area contributed by atoms with Gasteiger partial charge in [0.2, 0.25) is 0 Å². The number of hydrogen-bond donors (Lipinski definition) is 1. The quantitative estimate of drug-likeness (QED) is 0.603. The fourth-order valence-electron chi connectivity index (χ4n) is 3.44. The maximum Gasteiger partial charge on any atom is 0.193 e. The van der Waals surface area contributed by atoms with Crippen molar-refractivity contribution in [2.24, 2.45) is 16.8 Å². The van der Waals surface area contributed by atoms with Crippen LogP contribution in [-0.4, -0.2) is 61.6 Å². The van der Waals surface area contributed by atoms with Gasteiger partial charge in [0.1, 0.15) is 0 Å². The van der Waals surface area contributed by atoms with Gasteiger partial charge in [-0.05, 0) is 51.5 Å². The topological polar surface area (TPSA) is 30.9 Å². The highest BCUT2D eigenvalue weighted by Gasteiger charge is 2.30. The third kappa shape index (κ3) is 4.87. The summed E-state index contributed by atoms with van der Waals surface area (Å²) >= 11 is 0. The van der Waals surface area contributed by atoms with E-state index in [1.165, 1.54) is 32.2 Å². The fraction of sp³-hybridized carbons (Fsp3) is 0.941. The van der Waals surface area contributed by atoms with Crippen molar-refractivity contribution in [2.45, 2.75) is 58.5 Å².